The summed E-state index contributed by atoms with van der Waals surface area (Å²) in [4.78, 5) is 10.4. The first-order valence-electron chi connectivity index (χ1n) is 3.37. The van der Waals surface area contributed by atoms with Gasteiger partial charge in [0.1, 0.15) is 5.76 Å². The molecule has 1 N–H and O–H groups in total. The van der Waals surface area contributed by atoms with Gasteiger partial charge < -0.3 is 5.11 Å². The third-order valence-corrected chi connectivity index (χ3v) is 2.75. The lowest BCUT2D eigenvalue weighted by Gasteiger charge is -2.16. The van der Waals surface area contributed by atoms with E-state index in [2.05, 4.69) is 0 Å². The van der Waals surface area contributed by atoms with Gasteiger partial charge >= 0.3 is 0 Å². The van der Waals surface area contributed by atoms with Gasteiger partial charge in [0.05, 0.1) is 5.25 Å². The van der Waals surface area contributed by atoms with Gasteiger partial charge in [-0.05, 0) is 24.8 Å². The number of aliphatic hydroxyl groups is 1. The molecule has 0 aromatic heterocycles. The van der Waals surface area contributed by atoms with E-state index >= 15 is 0 Å². The van der Waals surface area contributed by atoms with Crippen LogP contribution in [0, 0.1) is 0 Å². The summed E-state index contributed by atoms with van der Waals surface area (Å²) < 4.78 is 0. The first-order chi connectivity index (χ1) is 5.16. The van der Waals surface area contributed by atoms with Crippen LogP contribution >= 0.6 is 11.8 Å². The molecule has 0 aromatic carbocycles. The standard InChI is InChI=1S/C8H10O2S/c1-5-7(3-9)4-11-6(2)8(5)10/h3-4,6,10H,1-2H3. The maximum Gasteiger partial charge on any atom is 0.150 e. The van der Waals surface area contributed by atoms with Crippen LogP contribution in [0.5, 0.6) is 0 Å². The van der Waals surface area contributed by atoms with Gasteiger partial charge in [-0.1, -0.05) is 0 Å². The number of thioether (sulfide) groups is 1. The smallest absolute Gasteiger partial charge is 0.150 e. The van der Waals surface area contributed by atoms with Crippen LogP contribution < -0.4 is 0 Å². The van der Waals surface area contributed by atoms with Gasteiger partial charge in [-0.3, -0.25) is 4.79 Å². The summed E-state index contributed by atoms with van der Waals surface area (Å²) in [7, 11) is 0. The van der Waals surface area contributed by atoms with Crippen molar-refractivity contribution in [3.63, 3.8) is 0 Å². The molecule has 0 amide bonds. The predicted molar refractivity (Wildman–Crippen MR) is 46.5 cm³/mol. The molecule has 0 spiro atoms. The van der Waals surface area contributed by atoms with Gasteiger partial charge in [-0.25, -0.2) is 0 Å². The van der Waals surface area contributed by atoms with Crippen molar-refractivity contribution in [3.8, 4) is 0 Å². The molecule has 0 aliphatic carbocycles. The molecule has 1 unspecified atom stereocenters. The number of carbonyl (C=O) groups excluding carboxylic acids is 1. The quantitative estimate of drug-likeness (QED) is 0.612. The van der Waals surface area contributed by atoms with Crippen LogP contribution in [-0.2, 0) is 4.79 Å². The molecule has 0 fully saturated rings. The van der Waals surface area contributed by atoms with E-state index in [0.29, 0.717) is 16.9 Å². The summed E-state index contributed by atoms with van der Waals surface area (Å²) in [5.41, 5.74) is 1.29. The van der Waals surface area contributed by atoms with Gasteiger partial charge in [-0.2, -0.15) is 0 Å². The van der Waals surface area contributed by atoms with Gasteiger partial charge in [0.25, 0.3) is 0 Å². The monoisotopic (exact) mass is 170 g/mol. The fourth-order valence-electron chi connectivity index (χ4n) is 0.897. The fraction of sp³-hybridized carbons (Fsp3) is 0.375. The molecule has 0 bridgehead atoms. The molecular weight excluding hydrogens is 160 g/mol. The summed E-state index contributed by atoms with van der Waals surface area (Å²) in [6.07, 6.45) is 0.768. The van der Waals surface area contributed by atoms with Gasteiger partial charge in [0, 0.05) is 5.57 Å². The number of aliphatic hydroxyl groups excluding tert-OH is 1. The molecule has 3 heteroatoms. The Morgan fingerprint density at radius 1 is 1.73 bits per heavy atom. The third-order valence-electron chi connectivity index (χ3n) is 1.73. The van der Waals surface area contributed by atoms with E-state index < -0.39 is 0 Å². The Kier molecular flexibility index (Phi) is 2.39. The van der Waals surface area contributed by atoms with Crippen LogP contribution in [0.3, 0.4) is 0 Å². The van der Waals surface area contributed by atoms with Crippen LogP contribution in [0.1, 0.15) is 13.8 Å². The topological polar surface area (TPSA) is 37.3 Å². The number of carbonyl (C=O) groups is 1. The molecule has 1 aliphatic heterocycles. The highest BCUT2D eigenvalue weighted by molar-refractivity contribution is 8.03. The highest BCUT2D eigenvalue weighted by Crippen LogP contribution is 2.30. The van der Waals surface area contributed by atoms with Crippen molar-refractivity contribution in [2.75, 3.05) is 0 Å². The summed E-state index contributed by atoms with van der Waals surface area (Å²) >= 11 is 1.46. The SMILES string of the molecule is CC1=C(O)C(C)SC=C1C=O. The van der Waals surface area contributed by atoms with Crippen molar-refractivity contribution in [1.29, 1.82) is 0 Å². The van der Waals surface area contributed by atoms with Crippen LogP contribution in [0.4, 0.5) is 0 Å². The second-order valence-electron chi connectivity index (χ2n) is 2.48. The summed E-state index contributed by atoms with van der Waals surface area (Å²) in [6, 6.07) is 0. The average molecular weight is 170 g/mol. The number of hydrogen-bond donors (Lipinski definition) is 1. The molecule has 0 saturated carbocycles. The lowest BCUT2D eigenvalue weighted by atomic mass is 10.1. The van der Waals surface area contributed by atoms with E-state index in [9.17, 15) is 9.90 Å². The zero-order chi connectivity index (χ0) is 8.43. The molecule has 0 radical (unpaired) electrons. The van der Waals surface area contributed by atoms with E-state index in [1.54, 1.807) is 12.3 Å². The van der Waals surface area contributed by atoms with Crippen molar-refractivity contribution in [2.24, 2.45) is 0 Å². The summed E-state index contributed by atoms with van der Waals surface area (Å²) in [5.74, 6) is 0.319. The predicted octanol–water partition coefficient (Wildman–Crippen LogP) is 2.04. The van der Waals surface area contributed by atoms with E-state index in [0.717, 1.165) is 6.29 Å². The highest BCUT2D eigenvalue weighted by Gasteiger charge is 2.17. The molecule has 60 valence electrons. The highest BCUT2D eigenvalue weighted by atomic mass is 32.2. The van der Waals surface area contributed by atoms with E-state index in [1.807, 2.05) is 6.92 Å². The first-order valence-corrected chi connectivity index (χ1v) is 4.32. The molecule has 1 rings (SSSR count). The number of allylic oxidation sites excluding steroid dienone is 2. The molecule has 0 saturated heterocycles. The zero-order valence-corrected chi connectivity index (χ0v) is 7.31. The first kappa shape index (κ1) is 8.40. The van der Waals surface area contributed by atoms with Crippen LogP contribution in [0.15, 0.2) is 22.3 Å². The Balaban J connectivity index is 2.99. The zero-order valence-electron chi connectivity index (χ0n) is 6.50. The number of hydrogen-bond acceptors (Lipinski definition) is 3. The largest absolute Gasteiger partial charge is 0.511 e. The van der Waals surface area contributed by atoms with E-state index in [1.165, 1.54) is 11.8 Å². The van der Waals surface area contributed by atoms with Crippen molar-refractivity contribution >= 4 is 18.0 Å². The lowest BCUT2D eigenvalue weighted by Crippen LogP contribution is -2.08. The Labute approximate surface area is 70.0 Å². The summed E-state index contributed by atoms with van der Waals surface area (Å²) in [6.45, 7) is 3.66. The molecule has 0 aromatic rings. The minimum absolute atomic E-state index is 0.0821. The average Bonchev–Trinajstić information content (AvgIpc) is 2.01. The van der Waals surface area contributed by atoms with E-state index in [4.69, 9.17) is 0 Å². The molecule has 11 heavy (non-hydrogen) atoms. The second-order valence-corrected chi connectivity index (χ2v) is 3.69. The molecular formula is C8H10O2S. The second kappa shape index (κ2) is 3.13. The Morgan fingerprint density at radius 3 is 2.91 bits per heavy atom. The van der Waals surface area contributed by atoms with Crippen molar-refractivity contribution in [3.05, 3.63) is 22.3 Å². The van der Waals surface area contributed by atoms with Crippen LogP contribution in [0.2, 0.25) is 0 Å². The molecule has 2 nitrogen and oxygen atoms in total. The number of aldehydes is 1. The molecule has 1 heterocycles. The minimum Gasteiger partial charge on any atom is -0.511 e. The van der Waals surface area contributed by atoms with Gasteiger partial charge in [0.2, 0.25) is 0 Å². The van der Waals surface area contributed by atoms with E-state index in [-0.39, 0.29) is 5.25 Å². The maximum atomic E-state index is 10.4. The molecule has 1 aliphatic rings. The Hall–Kier alpha value is -0.700. The lowest BCUT2D eigenvalue weighted by molar-refractivity contribution is -0.104. The fourth-order valence-corrected chi connectivity index (χ4v) is 1.79. The normalized spacial score (nSPS) is 24.9. The Morgan fingerprint density at radius 2 is 2.36 bits per heavy atom. The van der Waals surface area contributed by atoms with Gasteiger partial charge in [-0.15, -0.1) is 11.8 Å². The Bertz CT molecular complexity index is 240. The van der Waals surface area contributed by atoms with Gasteiger partial charge in [0.15, 0.2) is 6.29 Å². The molecule has 1 atom stereocenters. The number of rotatable bonds is 1. The third kappa shape index (κ3) is 1.48. The van der Waals surface area contributed by atoms with Crippen LogP contribution in [-0.4, -0.2) is 16.6 Å². The van der Waals surface area contributed by atoms with Crippen molar-refractivity contribution in [2.45, 2.75) is 19.1 Å². The van der Waals surface area contributed by atoms with Crippen molar-refractivity contribution < 1.29 is 9.90 Å². The summed E-state index contributed by atoms with van der Waals surface area (Å²) in [5, 5.41) is 11.3. The van der Waals surface area contributed by atoms with Crippen molar-refractivity contribution in [1.82, 2.24) is 0 Å². The van der Waals surface area contributed by atoms with Crippen LogP contribution in [0.25, 0.3) is 0 Å². The minimum atomic E-state index is 0.0821. The maximum absolute atomic E-state index is 10.4.